The molecule has 0 unspecified atom stereocenters. The first-order valence-corrected chi connectivity index (χ1v) is 8.24. The molecule has 7 nitrogen and oxygen atoms in total. The van der Waals surface area contributed by atoms with E-state index in [2.05, 4.69) is 55.3 Å². The highest BCUT2D eigenvalue weighted by Gasteiger charge is 2.11. The molecule has 0 spiro atoms. The standard InChI is InChI=1S/C15H17BrN6O/c1-10(2)3-8-13-17-14(23-20-13)9-22-19-15(18-21-22)11-4-6-12(16)7-5-11/h4-7,10H,3,8-9H2,1-2H3. The van der Waals surface area contributed by atoms with Crippen molar-refractivity contribution in [3.8, 4) is 11.4 Å². The lowest BCUT2D eigenvalue weighted by atomic mass is 10.1. The molecule has 0 aliphatic carbocycles. The van der Waals surface area contributed by atoms with Gasteiger partial charge in [0.2, 0.25) is 11.7 Å². The monoisotopic (exact) mass is 376 g/mol. The number of rotatable bonds is 6. The van der Waals surface area contributed by atoms with Crippen LogP contribution in [0.25, 0.3) is 11.4 Å². The van der Waals surface area contributed by atoms with Crippen molar-refractivity contribution in [2.24, 2.45) is 5.92 Å². The predicted octanol–water partition coefficient (Wildman–Crippen LogP) is 3.12. The summed E-state index contributed by atoms with van der Waals surface area (Å²) in [6.45, 7) is 4.66. The maximum atomic E-state index is 5.24. The Balaban J connectivity index is 1.66. The molecule has 0 N–H and O–H groups in total. The van der Waals surface area contributed by atoms with Crippen molar-refractivity contribution in [3.05, 3.63) is 40.5 Å². The van der Waals surface area contributed by atoms with E-state index in [1.54, 1.807) is 0 Å². The van der Waals surface area contributed by atoms with Crippen LogP contribution in [-0.2, 0) is 13.0 Å². The van der Waals surface area contributed by atoms with Crippen LogP contribution in [0.2, 0.25) is 0 Å². The molecule has 0 radical (unpaired) electrons. The van der Waals surface area contributed by atoms with E-state index in [-0.39, 0.29) is 0 Å². The molecule has 3 aromatic rings. The first kappa shape index (κ1) is 15.8. The van der Waals surface area contributed by atoms with Crippen LogP contribution >= 0.6 is 15.9 Å². The summed E-state index contributed by atoms with van der Waals surface area (Å²) in [6, 6.07) is 7.74. The van der Waals surface area contributed by atoms with Gasteiger partial charge in [-0.3, -0.25) is 0 Å². The van der Waals surface area contributed by atoms with Crippen LogP contribution in [0.1, 0.15) is 32.0 Å². The molecule has 0 fully saturated rings. The second kappa shape index (κ2) is 6.99. The first-order chi connectivity index (χ1) is 11.1. The van der Waals surface area contributed by atoms with Crippen LogP contribution < -0.4 is 0 Å². The normalized spacial score (nSPS) is 11.3. The Kier molecular flexibility index (Phi) is 4.80. The van der Waals surface area contributed by atoms with E-state index in [4.69, 9.17) is 4.52 Å². The molecule has 3 rings (SSSR count). The SMILES string of the molecule is CC(C)CCc1noc(Cn2nnc(-c3ccc(Br)cc3)n2)n1. The van der Waals surface area contributed by atoms with Gasteiger partial charge >= 0.3 is 0 Å². The molecule has 0 aliphatic rings. The molecule has 0 amide bonds. The van der Waals surface area contributed by atoms with Crippen molar-refractivity contribution >= 4 is 15.9 Å². The summed E-state index contributed by atoms with van der Waals surface area (Å²) in [6.07, 6.45) is 1.85. The Morgan fingerprint density at radius 1 is 1.22 bits per heavy atom. The second-order valence-electron chi connectivity index (χ2n) is 5.69. The van der Waals surface area contributed by atoms with E-state index < -0.39 is 0 Å². The van der Waals surface area contributed by atoms with Crippen LogP contribution in [-0.4, -0.2) is 30.3 Å². The quantitative estimate of drug-likeness (QED) is 0.657. The summed E-state index contributed by atoms with van der Waals surface area (Å²) in [4.78, 5) is 5.81. The summed E-state index contributed by atoms with van der Waals surface area (Å²) in [5, 5.41) is 16.4. The topological polar surface area (TPSA) is 82.5 Å². The van der Waals surface area contributed by atoms with Gasteiger partial charge in [0, 0.05) is 16.5 Å². The lowest BCUT2D eigenvalue weighted by Crippen LogP contribution is -2.04. The fourth-order valence-corrected chi connectivity index (χ4v) is 2.28. The van der Waals surface area contributed by atoms with Crippen LogP contribution in [0.5, 0.6) is 0 Å². The molecule has 0 atom stereocenters. The number of aryl methyl sites for hydroxylation is 1. The van der Waals surface area contributed by atoms with Crippen molar-refractivity contribution in [2.45, 2.75) is 33.2 Å². The summed E-state index contributed by atoms with van der Waals surface area (Å²) < 4.78 is 6.24. The van der Waals surface area contributed by atoms with Crippen molar-refractivity contribution < 1.29 is 4.52 Å². The van der Waals surface area contributed by atoms with Crippen LogP contribution in [0.15, 0.2) is 33.3 Å². The second-order valence-corrected chi connectivity index (χ2v) is 6.60. The minimum Gasteiger partial charge on any atom is -0.337 e. The average molecular weight is 377 g/mol. The van der Waals surface area contributed by atoms with Crippen LogP contribution in [0, 0.1) is 5.92 Å². The highest BCUT2D eigenvalue weighted by molar-refractivity contribution is 9.10. The summed E-state index contributed by atoms with van der Waals surface area (Å²) in [7, 11) is 0. The maximum absolute atomic E-state index is 5.24. The summed E-state index contributed by atoms with van der Waals surface area (Å²) in [5.41, 5.74) is 0.905. The van der Waals surface area contributed by atoms with Gasteiger partial charge in [0.05, 0.1) is 0 Å². The molecule has 8 heteroatoms. The predicted molar refractivity (Wildman–Crippen MR) is 87.5 cm³/mol. The maximum Gasteiger partial charge on any atom is 0.250 e. The van der Waals surface area contributed by atoms with E-state index >= 15 is 0 Å². The van der Waals surface area contributed by atoms with Gasteiger partial charge in [-0.25, -0.2) is 0 Å². The van der Waals surface area contributed by atoms with Crippen molar-refractivity contribution in [1.29, 1.82) is 0 Å². The molecule has 0 saturated heterocycles. The van der Waals surface area contributed by atoms with Gasteiger partial charge in [0.1, 0.15) is 6.54 Å². The Labute approximate surface area is 142 Å². The van der Waals surface area contributed by atoms with E-state index in [0.717, 1.165) is 28.7 Å². The molecule has 0 aliphatic heterocycles. The Bertz CT molecular complexity index is 764. The number of tetrazole rings is 1. The van der Waals surface area contributed by atoms with Crippen LogP contribution in [0.3, 0.4) is 0 Å². The number of hydrogen-bond donors (Lipinski definition) is 0. The molecular weight excluding hydrogens is 360 g/mol. The fourth-order valence-electron chi connectivity index (χ4n) is 2.02. The lowest BCUT2D eigenvalue weighted by Gasteiger charge is -1.98. The molecular formula is C15H17BrN6O. The van der Waals surface area contributed by atoms with Gasteiger partial charge in [-0.05, 0) is 41.8 Å². The minimum atomic E-state index is 0.318. The smallest absolute Gasteiger partial charge is 0.250 e. The Morgan fingerprint density at radius 3 is 2.74 bits per heavy atom. The zero-order valence-electron chi connectivity index (χ0n) is 13.0. The zero-order chi connectivity index (χ0) is 16.2. The number of nitrogens with zero attached hydrogens (tertiary/aromatic N) is 6. The largest absolute Gasteiger partial charge is 0.337 e. The molecule has 23 heavy (non-hydrogen) atoms. The number of hydrogen-bond acceptors (Lipinski definition) is 6. The lowest BCUT2D eigenvalue weighted by molar-refractivity contribution is 0.351. The average Bonchev–Trinajstić information content (AvgIpc) is 3.16. The highest BCUT2D eigenvalue weighted by atomic mass is 79.9. The van der Waals surface area contributed by atoms with Gasteiger partial charge < -0.3 is 4.52 Å². The Morgan fingerprint density at radius 2 is 2.00 bits per heavy atom. The minimum absolute atomic E-state index is 0.318. The third kappa shape index (κ3) is 4.22. The molecule has 2 heterocycles. The van der Waals surface area contributed by atoms with Gasteiger partial charge in [-0.15, -0.1) is 10.2 Å². The van der Waals surface area contributed by atoms with Gasteiger partial charge in [0.25, 0.3) is 0 Å². The number of benzene rings is 1. The molecule has 0 bridgehead atoms. The first-order valence-electron chi connectivity index (χ1n) is 7.45. The van der Waals surface area contributed by atoms with E-state index in [9.17, 15) is 0 Å². The molecule has 1 aromatic carbocycles. The van der Waals surface area contributed by atoms with Crippen molar-refractivity contribution in [2.75, 3.05) is 0 Å². The summed E-state index contributed by atoms with van der Waals surface area (Å²) >= 11 is 3.40. The molecule has 2 aromatic heterocycles. The van der Waals surface area contributed by atoms with Gasteiger partial charge in [-0.2, -0.15) is 9.78 Å². The van der Waals surface area contributed by atoms with E-state index in [1.165, 1.54) is 4.80 Å². The third-order valence-corrected chi connectivity index (χ3v) is 3.82. The van der Waals surface area contributed by atoms with Crippen molar-refractivity contribution in [3.63, 3.8) is 0 Å². The number of halogens is 1. The van der Waals surface area contributed by atoms with E-state index in [0.29, 0.717) is 24.2 Å². The van der Waals surface area contributed by atoms with Crippen molar-refractivity contribution in [1.82, 2.24) is 30.3 Å². The van der Waals surface area contributed by atoms with Crippen LogP contribution in [0.4, 0.5) is 0 Å². The molecule has 120 valence electrons. The Hall–Kier alpha value is -2.09. The zero-order valence-corrected chi connectivity index (χ0v) is 14.6. The third-order valence-electron chi connectivity index (χ3n) is 3.29. The van der Waals surface area contributed by atoms with Gasteiger partial charge in [-0.1, -0.05) is 34.9 Å². The van der Waals surface area contributed by atoms with Gasteiger partial charge in [0.15, 0.2) is 5.82 Å². The summed E-state index contributed by atoms with van der Waals surface area (Å²) in [5.74, 6) is 2.39. The highest BCUT2D eigenvalue weighted by Crippen LogP contribution is 2.17. The van der Waals surface area contributed by atoms with E-state index in [1.807, 2.05) is 24.3 Å². The number of aromatic nitrogens is 6. The molecule has 0 saturated carbocycles. The fraction of sp³-hybridized carbons (Fsp3) is 0.400.